The van der Waals surface area contributed by atoms with E-state index >= 15 is 0 Å². The van der Waals surface area contributed by atoms with Crippen molar-refractivity contribution in [3.05, 3.63) is 18.1 Å². The predicted molar refractivity (Wildman–Crippen MR) is 98.1 cm³/mol. The molecule has 2 aromatic rings. The van der Waals surface area contributed by atoms with Crippen molar-refractivity contribution in [2.45, 2.75) is 50.7 Å². The van der Waals surface area contributed by atoms with Gasteiger partial charge in [0.25, 0.3) is 0 Å². The minimum absolute atomic E-state index is 0.328. The fraction of sp³-hybridized carbons (Fsp3) is 0.588. The van der Waals surface area contributed by atoms with E-state index in [1.807, 2.05) is 0 Å². The van der Waals surface area contributed by atoms with Crippen molar-refractivity contribution in [3.8, 4) is 0 Å². The molecule has 1 fully saturated rings. The van der Waals surface area contributed by atoms with E-state index in [1.54, 1.807) is 15.8 Å². The Morgan fingerprint density at radius 2 is 2.15 bits per heavy atom. The van der Waals surface area contributed by atoms with E-state index in [0.29, 0.717) is 29.4 Å². The Morgan fingerprint density at radius 1 is 1.37 bits per heavy atom. The highest BCUT2D eigenvalue weighted by Crippen LogP contribution is 2.42. The van der Waals surface area contributed by atoms with Gasteiger partial charge >= 0.3 is 0 Å². The Bertz CT molecular complexity index is 895. The number of hydrazone groups is 1. The molecule has 4 rings (SSSR count). The van der Waals surface area contributed by atoms with Gasteiger partial charge in [-0.15, -0.1) is 0 Å². The Morgan fingerprint density at radius 3 is 2.81 bits per heavy atom. The predicted octanol–water partition coefficient (Wildman–Crippen LogP) is -0.327. The number of ether oxygens (including phenoxy) is 1. The summed E-state index contributed by atoms with van der Waals surface area (Å²) in [5.41, 5.74) is 5.72. The lowest BCUT2D eigenvalue weighted by molar-refractivity contribution is -0.0948. The van der Waals surface area contributed by atoms with Crippen LogP contribution in [0.3, 0.4) is 0 Å². The summed E-state index contributed by atoms with van der Waals surface area (Å²) in [7, 11) is 0. The lowest BCUT2D eigenvalue weighted by atomic mass is 9.96. The number of nitrogens with zero attached hydrogens (tertiary/aromatic N) is 5. The first-order valence-electron chi connectivity index (χ1n) is 9.04. The van der Waals surface area contributed by atoms with Crippen LogP contribution >= 0.6 is 0 Å². The third kappa shape index (κ3) is 2.59. The van der Waals surface area contributed by atoms with Gasteiger partial charge in [-0.3, -0.25) is 0 Å². The Kier molecular flexibility index (Phi) is 4.30. The lowest BCUT2D eigenvalue weighted by Crippen LogP contribution is -2.44. The van der Waals surface area contributed by atoms with Gasteiger partial charge in [0.1, 0.15) is 29.8 Å². The Balaban J connectivity index is 1.85. The molecule has 0 spiro atoms. The Labute approximate surface area is 155 Å². The van der Waals surface area contributed by atoms with Gasteiger partial charge in [-0.25, -0.2) is 15.0 Å². The molecule has 10 nitrogen and oxygen atoms in total. The van der Waals surface area contributed by atoms with Crippen LogP contribution in [0.2, 0.25) is 0 Å². The molecule has 2 aromatic heterocycles. The molecule has 0 bridgehead atoms. The molecule has 2 aliphatic rings. The molecule has 1 saturated heterocycles. The number of hydrogen-bond acceptors (Lipinski definition) is 9. The van der Waals surface area contributed by atoms with Crippen molar-refractivity contribution in [1.82, 2.24) is 14.5 Å². The number of nitrogens with two attached hydrogens (primary N) is 1. The van der Waals surface area contributed by atoms with Gasteiger partial charge in [-0.05, 0) is 13.3 Å². The Hall–Kier alpha value is -2.27. The van der Waals surface area contributed by atoms with Gasteiger partial charge in [0.2, 0.25) is 0 Å². The molecule has 10 heteroatoms. The van der Waals surface area contributed by atoms with E-state index < -0.39 is 30.6 Å². The van der Waals surface area contributed by atoms with E-state index in [1.165, 1.54) is 13.3 Å². The molecule has 0 unspecified atom stereocenters. The highest BCUT2D eigenvalue weighted by Gasteiger charge is 2.53. The summed E-state index contributed by atoms with van der Waals surface area (Å²) in [6.07, 6.45) is 1.98. The van der Waals surface area contributed by atoms with Gasteiger partial charge < -0.3 is 30.4 Å². The minimum Gasteiger partial charge on any atom is -0.394 e. The molecule has 0 amide bonds. The summed E-state index contributed by atoms with van der Waals surface area (Å²) in [6, 6.07) is 0. The number of amidine groups is 1. The van der Waals surface area contributed by atoms with Crippen molar-refractivity contribution >= 4 is 22.7 Å². The molecule has 27 heavy (non-hydrogen) atoms. The summed E-state index contributed by atoms with van der Waals surface area (Å²) >= 11 is 0. The molecule has 4 heterocycles. The second-order valence-corrected chi connectivity index (χ2v) is 7.19. The third-order valence-corrected chi connectivity index (χ3v) is 5.25. The maximum Gasteiger partial charge on any atom is 0.167 e. The second kappa shape index (κ2) is 6.41. The average molecular weight is 376 g/mol. The van der Waals surface area contributed by atoms with Crippen molar-refractivity contribution in [2.24, 2.45) is 10.8 Å². The molecule has 146 valence electrons. The van der Waals surface area contributed by atoms with Gasteiger partial charge in [-0.1, -0.05) is 13.3 Å². The molecule has 0 saturated carbocycles. The molecular weight excluding hydrogens is 352 g/mol. The standard InChI is InChI=1S/C17H24N6O4/c1-3-4-5-23-15-11-9(13(18)21-23)6-22(14(11)19-8-20-15)16-17(2,26)12(25)10(7-24)27-16/h6,8,10,12,16,24-26H,3-5,7H2,1-2H3,(H2,18,21)/t10-,12-,16-,17-/m1/s1. The van der Waals surface area contributed by atoms with Crippen LogP contribution in [0.25, 0.3) is 11.0 Å². The monoisotopic (exact) mass is 376 g/mol. The van der Waals surface area contributed by atoms with E-state index in [0.717, 1.165) is 18.2 Å². The van der Waals surface area contributed by atoms with E-state index in [4.69, 9.17) is 10.5 Å². The molecule has 0 radical (unpaired) electrons. The quantitative estimate of drug-likeness (QED) is 0.556. The fourth-order valence-electron chi connectivity index (χ4n) is 3.72. The highest BCUT2D eigenvalue weighted by molar-refractivity contribution is 6.14. The van der Waals surface area contributed by atoms with Gasteiger partial charge in [0.15, 0.2) is 17.9 Å². The van der Waals surface area contributed by atoms with Crippen LogP contribution in [0, 0.1) is 0 Å². The third-order valence-electron chi connectivity index (χ3n) is 5.25. The van der Waals surface area contributed by atoms with Crippen molar-refractivity contribution in [2.75, 3.05) is 18.2 Å². The maximum atomic E-state index is 10.8. The number of aliphatic hydroxyl groups is 3. The zero-order chi connectivity index (χ0) is 19.3. The highest BCUT2D eigenvalue weighted by atomic mass is 16.6. The molecule has 0 aliphatic carbocycles. The van der Waals surface area contributed by atoms with E-state index in [-0.39, 0.29) is 0 Å². The largest absolute Gasteiger partial charge is 0.394 e. The number of anilines is 1. The fourth-order valence-corrected chi connectivity index (χ4v) is 3.72. The summed E-state index contributed by atoms with van der Waals surface area (Å²) in [6.45, 7) is 3.83. The molecule has 0 aromatic carbocycles. The van der Waals surface area contributed by atoms with Crippen LogP contribution in [-0.2, 0) is 4.74 Å². The normalized spacial score (nSPS) is 30.2. The van der Waals surface area contributed by atoms with Crippen LogP contribution in [0.5, 0.6) is 0 Å². The number of hydrogen-bond donors (Lipinski definition) is 4. The average Bonchev–Trinajstić information content (AvgIpc) is 3.14. The smallest absolute Gasteiger partial charge is 0.167 e. The van der Waals surface area contributed by atoms with Crippen LogP contribution in [-0.4, -0.2) is 66.7 Å². The molecule has 2 aliphatic heterocycles. The second-order valence-electron chi connectivity index (χ2n) is 7.19. The zero-order valence-electron chi connectivity index (χ0n) is 15.3. The molecular formula is C17H24N6O4. The first-order chi connectivity index (χ1) is 12.9. The van der Waals surface area contributed by atoms with E-state index in [2.05, 4.69) is 22.0 Å². The van der Waals surface area contributed by atoms with Crippen molar-refractivity contribution < 1.29 is 20.1 Å². The first kappa shape index (κ1) is 18.1. The van der Waals surface area contributed by atoms with Crippen molar-refractivity contribution in [1.29, 1.82) is 0 Å². The minimum atomic E-state index is -1.62. The van der Waals surface area contributed by atoms with E-state index in [9.17, 15) is 15.3 Å². The number of aromatic nitrogens is 3. The molecule has 4 atom stereocenters. The van der Waals surface area contributed by atoms with Crippen LogP contribution < -0.4 is 10.7 Å². The molecule has 5 N–H and O–H groups in total. The topological polar surface area (TPSA) is 142 Å². The van der Waals surface area contributed by atoms with Crippen LogP contribution in [0.4, 0.5) is 5.82 Å². The first-order valence-corrected chi connectivity index (χ1v) is 9.04. The lowest BCUT2D eigenvalue weighted by Gasteiger charge is -2.27. The van der Waals surface area contributed by atoms with Crippen LogP contribution in [0.15, 0.2) is 17.6 Å². The maximum absolute atomic E-state index is 10.8. The van der Waals surface area contributed by atoms with Gasteiger partial charge in [-0.2, -0.15) is 5.10 Å². The number of rotatable bonds is 5. The van der Waals surface area contributed by atoms with Crippen LogP contribution in [0.1, 0.15) is 38.5 Å². The van der Waals surface area contributed by atoms with Gasteiger partial charge in [0.05, 0.1) is 12.0 Å². The summed E-state index contributed by atoms with van der Waals surface area (Å²) in [5, 5.41) is 37.5. The summed E-state index contributed by atoms with van der Waals surface area (Å²) < 4.78 is 7.36. The number of unbranched alkanes of at least 4 members (excludes halogenated alkanes) is 1. The SMILES string of the molecule is CCCCN1N=C(N)c2cn([C@@H]3O[C@H](CO)[C@@H](O)[C@@]3(C)O)c3ncnc1c23. The summed E-state index contributed by atoms with van der Waals surface area (Å²) in [5.74, 6) is 0.974. The zero-order valence-corrected chi connectivity index (χ0v) is 15.3. The number of aliphatic hydroxyl groups excluding tert-OH is 2. The summed E-state index contributed by atoms with van der Waals surface area (Å²) in [4.78, 5) is 8.73. The van der Waals surface area contributed by atoms with Crippen molar-refractivity contribution in [3.63, 3.8) is 0 Å². The van der Waals surface area contributed by atoms with Gasteiger partial charge in [0, 0.05) is 18.3 Å².